The van der Waals surface area contributed by atoms with E-state index in [0.717, 1.165) is 27.8 Å². The lowest BCUT2D eigenvalue weighted by Crippen LogP contribution is -2.69. The smallest absolute Gasteiger partial charge is 0.327 e. The van der Waals surface area contributed by atoms with Gasteiger partial charge in [-0.2, -0.15) is 5.06 Å². The number of nitrogens with one attached hydrogen (secondary N) is 1. The van der Waals surface area contributed by atoms with Crippen molar-refractivity contribution >= 4 is 18.0 Å². The minimum absolute atomic E-state index is 0.0551. The number of hydrogen-bond donors (Lipinski definition) is 3. The highest BCUT2D eigenvalue weighted by molar-refractivity contribution is 5.93. The number of nitrogens with zero attached hydrogens (tertiary/aromatic N) is 1. The number of fused-ring (bicyclic) bond motifs is 5. The third kappa shape index (κ3) is 4.75. The van der Waals surface area contributed by atoms with Gasteiger partial charge in [0, 0.05) is 25.8 Å². The molecule has 0 unspecified atom stereocenters. The first kappa shape index (κ1) is 29.3. The standard InChI is InChI=1S/C36H36N2O8/c39-16-15-37-34(42)36-20-28-29-30(45-35(44-29)18-25-11-1-2-12-26(25)19-35)32(36)46-38(31(36)33(41)43-28)21-23-9-5-7-22(17-23)8-6-13-24-10-3-4-14-27(24)40/h1-12,14,17,28-32,39-40H,13,15-16,18-21H2,(H,37,42)/t28-,29+,30+,31+,32-,36+/m1/s1. The first-order chi connectivity index (χ1) is 22.4. The third-order valence-corrected chi connectivity index (χ3v) is 10.0. The van der Waals surface area contributed by atoms with Gasteiger partial charge in [-0.1, -0.05) is 78.9 Å². The van der Waals surface area contributed by atoms with E-state index in [0.29, 0.717) is 19.3 Å². The Morgan fingerprint density at radius 3 is 2.54 bits per heavy atom. The van der Waals surface area contributed by atoms with Gasteiger partial charge in [0.2, 0.25) is 5.91 Å². The van der Waals surface area contributed by atoms with Crippen LogP contribution in [-0.4, -0.2) is 76.5 Å². The Balaban J connectivity index is 1.08. The van der Waals surface area contributed by atoms with E-state index in [1.54, 1.807) is 17.2 Å². The lowest BCUT2D eigenvalue weighted by molar-refractivity contribution is -0.217. The average Bonchev–Trinajstić information content (AvgIpc) is 3.72. The van der Waals surface area contributed by atoms with Crippen molar-refractivity contribution in [2.45, 2.75) is 68.5 Å². The Morgan fingerprint density at radius 2 is 1.76 bits per heavy atom. The normalized spacial score (nSPS) is 30.4. The maximum atomic E-state index is 14.0. The fourth-order valence-electron chi connectivity index (χ4n) is 8.07. The van der Waals surface area contributed by atoms with Crippen LogP contribution in [0.4, 0.5) is 0 Å². The molecule has 0 radical (unpaired) electrons. The van der Waals surface area contributed by atoms with Crippen LogP contribution in [0.3, 0.4) is 0 Å². The molecule has 1 spiro atoms. The number of rotatable bonds is 8. The van der Waals surface area contributed by atoms with Crippen LogP contribution in [0, 0.1) is 5.41 Å². The Kier molecular flexibility index (Phi) is 7.23. The number of hydrogen-bond acceptors (Lipinski definition) is 9. The van der Waals surface area contributed by atoms with Gasteiger partial charge in [0.15, 0.2) is 11.8 Å². The molecule has 3 saturated heterocycles. The zero-order valence-electron chi connectivity index (χ0n) is 25.2. The number of amides is 1. The summed E-state index contributed by atoms with van der Waals surface area (Å²) in [6.07, 6.45) is 3.20. The number of esters is 1. The zero-order chi connectivity index (χ0) is 31.5. The number of ether oxygens (including phenoxy) is 3. The number of hydroxylamine groups is 2. The molecule has 3 N–H and O–H groups in total. The van der Waals surface area contributed by atoms with Crippen LogP contribution in [0.25, 0.3) is 6.08 Å². The van der Waals surface area contributed by atoms with E-state index < -0.39 is 47.6 Å². The summed E-state index contributed by atoms with van der Waals surface area (Å²) in [4.78, 5) is 34.4. The number of aliphatic hydroxyl groups excluding tert-OH is 1. The molecule has 1 saturated carbocycles. The van der Waals surface area contributed by atoms with Crippen molar-refractivity contribution in [2.24, 2.45) is 5.41 Å². The summed E-state index contributed by atoms with van der Waals surface area (Å²) in [7, 11) is 0. The highest BCUT2D eigenvalue weighted by Crippen LogP contribution is 2.58. The summed E-state index contributed by atoms with van der Waals surface area (Å²) >= 11 is 0. The van der Waals surface area contributed by atoms with Crippen molar-refractivity contribution in [1.82, 2.24) is 10.4 Å². The summed E-state index contributed by atoms with van der Waals surface area (Å²) in [5, 5.41) is 24.0. The number of allylic oxidation sites excluding steroid dienone is 1. The minimum atomic E-state index is -1.29. The summed E-state index contributed by atoms with van der Waals surface area (Å²) in [6.45, 7) is 0.0539. The molecule has 3 heterocycles. The molecule has 1 amide bonds. The van der Waals surface area contributed by atoms with Gasteiger partial charge in [0.25, 0.3) is 0 Å². The maximum Gasteiger partial charge on any atom is 0.327 e. The van der Waals surface area contributed by atoms with Gasteiger partial charge < -0.3 is 29.7 Å². The Morgan fingerprint density at radius 1 is 1.00 bits per heavy atom. The number of phenolic OH excluding ortho intramolecular Hbond substituents is 1. The van der Waals surface area contributed by atoms with E-state index in [1.165, 1.54) is 0 Å². The molecule has 5 aliphatic rings. The Labute approximate surface area is 266 Å². The number of para-hydroxylation sites is 1. The summed E-state index contributed by atoms with van der Waals surface area (Å²) in [5.74, 6) is -1.56. The van der Waals surface area contributed by atoms with Crippen molar-refractivity contribution in [3.05, 3.63) is 107 Å². The fraction of sp³-hybridized carbons (Fsp3) is 0.389. The van der Waals surface area contributed by atoms with Gasteiger partial charge in [0.05, 0.1) is 13.2 Å². The zero-order valence-corrected chi connectivity index (χ0v) is 25.2. The average molecular weight is 625 g/mol. The molecule has 3 aromatic rings. The summed E-state index contributed by atoms with van der Waals surface area (Å²) in [6, 6.07) is 22.2. The lowest BCUT2D eigenvalue weighted by atomic mass is 9.62. The first-order valence-corrected chi connectivity index (χ1v) is 15.9. The highest BCUT2D eigenvalue weighted by atomic mass is 16.8. The predicted octanol–water partition coefficient (Wildman–Crippen LogP) is 2.84. The molecule has 10 heteroatoms. The number of benzene rings is 3. The van der Waals surface area contributed by atoms with Crippen LogP contribution in [0.15, 0.2) is 78.9 Å². The lowest BCUT2D eigenvalue weighted by Gasteiger charge is -2.48. The molecule has 4 fully saturated rings. The third-order valence-electron chi connectivity index (χ3n) is 10.0. The maximum absolute atomic E-state index is 14.0. The van der Waals surface area contributed by atoms with Gasteiger partial charge >= 0.3 is 5.97 Å². The van der Waals surface area contributed by atoms with Gasteiger partial charge in [-0.3, -0.25) is 14.4 Å². The van der Waals surface area contributed by atoms with Gasteiger partial charge in [-0.25, -0.2) is 0 Å². The first-order valence-electron chi connectivity index (χ1n) is 15.9. The second-order valence-electron chi connectivity index (χ2n) is 12.9. The second-order valence-corrected chi connectivity index (χ2v) is 12.9. The monoisotopic (exact) mass is 624 g/mol. The molecule has 238 valence electrons. The number of carbonyl (C=O) groups is 2. The van der Waals surface area contributed by atoms with Crippen LogP contribution in [-0.2, 0) is 54.4 Å². The molecule has 8 rings (SSSR count). The quantitative estimate of drug-likeness (QED) is 0.325. The number of aliphatic hydroxyl groups is 1. The van der Waals surface area contributed by atoms with Crippen LogP contribution in [0.5, 0.6) is 5.75 Å². The van der Waals surface area contributed by atoms with Crippen molar-refractivity contribution in [2.75, 3.05) is 13.2 Å². The van der Waals surface area contributed by atoms with E-state index in [1.807, 2.05) is 60.7 Å². The summed E-state index contributed by atoms with van der Waals surface area (Å²) in [5.41, 5.74) is 3.68. The predicted molar refractivity (Wildman–Crippen MR) is 165 cm³/mol. The molecule has 2 bridgehead atoms. The van der Waals surface area contributed by atoms with E-state index in [-0.39, 0.29) is 37.8 Å². The molecule has 46 heavy (non-hydrogen) atoms. The number of carbonyl (C=O) groups excluding carboxylic acids is 2. The van der Waals surface area contributed by atoms with Crippen LogP contribution >= 0.6 is 0 Å². The van der Waals surface area contributed by atoms with E-state index in [9.17, 15) is 19.8 Å². The van der Waals surface area contributed by atoms with Crippen LogP contribution in [0.1, 0.15) is 34.2 Å². The molecule has 2 aliphatic carbocycles. The molecular weight excluding hydrogens is 588 g/mol. The molecule has 3 aliphatic heterocycles. The van der Waals surface area contributed by atoms with E-state index in [4.69, 9.17) is 19.0 Å². The van der Waals surface area contributed by atoms with Crippen LogP contribution in [0.2, 0.25) is 0 Å². The van der Waals surface area contributed by atoms with Gasteiger partial charge in [0.1, 0.15) is 35.6 Å². The van der Waals surface area contributed by atoms with Crippen molar-refractivity contribution in [3.8, 4) is 5.75 Å². The molecule has 3 aromatic carbocycles. The van der Waals surface area contributed by atoms with Crippen molar-refractivity contribution < 1.29 is 38.9 Å². The largest absolute Gasteiger partial charge is 0.508 e. The second kappa shape index (κ2) is 11.3. The minimum Gasteiger partial charge on any atom is -0.508 e. The SMILES string of the molecule is O=C1O[C@@H]2C[C@@]3(C(=O)NCCO)[C@H](ON(Cc4cccc(C=CCc5ccccc5O)c4)[C@@H]13)[C@H]1OC3(Cc4ccccc4C3)O[C@H]12. The molecule has 6 atom stereocenters. The Hall–Kier alpha value is -4.06. The van der Waals surface area contributed by atoms with Gasteiger partial charge in [-0.05, 0) is 40.3 Å². The van der Waals surface area contributed by atoms with E-state index in [2.05, 4.69) is 17.4 Å². The number of phenols is 1. The summed E-state index contributed by atoms with van der Waals surface area (Å²) < 4.78 is 19.4. The van der Waals surface area contributed by atoms with Gasteiger partial charge in [-0.15, -0.1) is 0 Å². The Bertz CT molecular complexity index is 1680. The topological polar surface area (TPSA) is 127 Å². The number of aromatic hydroxyl groups is 1. The van der Waals surface area contributed by atoms with E-state index >= 15 is 0 Å². The highest BCUT2D eigenvalue weighted by Gasteiger charge is 2.76. The van der Waals surface area contributed by atoms with Crippen molar-refractivity contribution in [1.29, 1.82) is 0 Å². The van der Waals surface area contributed by atoms with Crippen LogP contribution < -0.4 is 5.32 Å². The molecule has 10 nitrogen and oxygen atoms in total. The molecule has 0 aromatic heterocycles. The van der Waals surface area contributed by atoms with Crippen molar-refractivity contribution in [3.63, 3.8) is 0 Å². The fourth-order valence-corrected chi connectivity index (χ4v) is 8.07. The molecular formula is C36H36N2O8.